The van der Waals surface area contributed by atoms with E-state index < -0.39 is 0 Å². The van der Waals surface area contributed by atoms with Gasteiger partial charge < -0.3 is 10.1 Å². The zero-order valence-corrected chi connectivity index (χ0v) is 15.0. The van der Waals surface area contributed by atoms with E-state index in [0.29, 0.717) is 0 Å². The molecule has 1 unspecified atom stereocenters. The lowest BCUT2D eigenvalue weighted by molar-refractivity contribution is 0.0374. The molecule has 0 bridgehead atoms. The maximum absolute atomic E-state index is 13.9. The predicted octanol–water partition coefficient (Wildman–Crippen LogP) is 3.60. The molecule has 2 rings (SSSR count). The Bertz CT molecular complexity index is 442. The molecule has 1 saturated heterocycles. The molecule has 1 aromatic rings. The Morgan fingerprint density at radius 3 is 2.61 bits per heavy atom. The molecule has 0 radical (unpaired) electrons. The second-order valence-electron chi connectivity index (χ2n) is 5.36. The average Bonchev–Trinajstić information content (AvgIpc) is 2.52. The van der Waals surface area contributed by atoms with Crippen LogP contribution in [0, 0.1) is 5.82 Å². The molecule has 1 aliphatic heterocycles. The first kappa shape index (κ1) is 22.4. The first-order chi connectivity index (χ1) is 10.3. The molecule has 1 heterocycles. The molecule has 1 fully saturated rings. The van der Waals surface area contributed by atoms with E-state index in [0.717, 1.165) is 57.8 Å². The van der Waals surface area contributed by atoms with Crippen molar-refractivity contribution < 1.29 is 9.13 Å². The topological polar surface area (TPSA) is 24.5 Å². The highest BCUT2D eigenvalue weighted by atomic mass is 35.5. The standard InChI is InChI=1S/C17H25FN2O.2ClH/c1-2-6-17(15-7-3-4-8-16(15)18)19-9-5-10-20-11-13-21-14-12-20;;/h2-4,7-8,17,19H,1,5-6,9-14H2;2*1H. The van der Waals surface area contributed by atoms with E-state index in [1.54, 1.807) is 6.07 Å². The van der Waals surface area contributed by atoms with E-state index in [1.165, 1.54) is 6.07 Å². The molecular weight excluding hydrogens is 338 g/mol. The summed E-state index contributed by atoms with van der Waals surface area (Å²) in [5.41, 5.74) is 0.726. The van der Waals surface area contributed by atoms with Crippen molar-refractivity contribution in [3.8, 4) is 0 Å². The molecule has 0 aromatic heterocycles. The lowest BCUT2D eigenvalue weighted by Crippen LogP contribution is -2.38. The van der Waals surface area contributed by atoms with Gasteiger partial charge in [0.15, 0.2) is 0 Å². The maximum atomic E-state index is 13.9. The van der Waals surface area contributed by atoms with Crippen LogP contribution in [-0.4, -0.2) is 44.3 Å². The number of nitrogens with one attached hydrogen (secondary N) is 1. The van der Waals surface area contributed by atoms with Crippen LogP contribution < -0.4 is 5.32 Å². The van der Waals surface area contributed by atoms with E-state index in [1.807, 2.05) is 18.2 Å². The van der Waals surface area contributed by atoms with Gasteiger partial charge in [0.1, 0.15) is 5.82 Å². The lowest BCUT2D eigenvalue weighted by Gasteiger charge is -2.27. The van der Waals surface area contributed by atoms with E-state index in [9.17, 15) is 4.39 Å². The fourth-order valence-corrected chi connectivity index (χ4v) is 2.65. The second-order valence-corrected chi connectivity index (χ2v) is 5.36. The van der Waals surface area contributed by atoms with Crippen LogP contribution in [0.5, 0.6) is 0 Å². The third-order valence-electron chi connectivity index (χ3n) is 3.83. The molecule has 6 heteroatoms. The van der Waals surface area contributed by atoms with Crippen LogP contribution in [0.2, 0.25) is 0 Å². The third kappa shape index (κ3) is 7.64. The molecule has 0 amide bonds. The molecular formula is C17H27Cl2FN2O. The van der Waals surface area contributed by atoms with Crippen molar-refractivity contribution >= 4 is 24.8 Å². The number of ether oxygens (including phenoxy) is 1. The molecule has 1 aromatic carbocycles. The molecule has 1 aliphatic rings. The van der Waals surface area contributed by atoms with E-state index in [4.69, 9.17) is 4.74 Å². The van der Waals surface area contributed by atoms with Crippen molar-refractivity contribution in [1.82, 2.24) is 10.2 Å². The highest BCUT2D eigenvalue weighted by Gasteiger charge is 2.14. The van der Waals surface area contributed by atoms with Gasteiger partial charge in [-0.15, -0.1) is 31.4 Å². The van der Waals surface area contributed by atoms with Gasteiger partial charge in [-0.1, -0.05) is 24.3 Å². The minimum atomic E-state index is -0.148. The van der Waals surface area contributed by atoms with Crippen LogP contribution >= 0.6 is 24.8 Å². The molecule has 0 spiro atoms. The summed E-state index contributed by atoms with van der Waals surface area (Å²) in [6, 6.07) is 6.97. The number of halogens is 3. The van der Waals surface area contributed by atoms with Crippen LogP contribution in [0.1, 0.15) is 24.4 Å². The minimum absolute atomic E-state index is 0. The summed E-state index contributed by atoms with van der Waals surface area (Å²) < 4.78 is 19.2. The van der Waals surface area contributed by atoms with E-state index in [2.05, 4.69) is 16.8 Å². The van der Waals surface area contributed by atoms with Crippen LogP contribution in [0.15, 0.2) is 36.9 Å². The Morgan fingerprint density at radius 1 is 1.26 bits per heavy atom. The minimum Gasteiger partial charge on any atom is -0.379 e. The zero-order valence-electron chi connectivity index (χ0n) is 13.4. The normalized spacial score (nSPS) is 16.0. The van der Waals surface area contributed by atoms with Crippen LogP contribution in [0.25, 0.3) is 0 Å². The fraction of sp³-hybridized carbons (Fsp3) is 0.529. The van der Waals surface area contributed by atoms with Gasteiger partial charge in [-0.25, -0.2) is 4.39 Å². The van der Waals surface area contributed by atoms with Gasteiger partial charge >= 0.3 is 0 Å². The van der Waals surface area contributed by atoms with Crippen LogP contribution in [-0.2, 0) is 4.74 Å². The predicted molar refractivity (Wildman–Crippen MR) is 98.3 cm³/mol. The third-order valence-corrected chi connectivity index (χ3v) is 3.83. The van der Waals surface area contributed by atoms with Gasteiger partial charge in [0.05, 0.1) is 13.2 Å². The Morgan fingerprint density at radius 2 is 1.96 bits per heavy atom. The molecule has 1 atom stereocenters. The average molecular weight is 365 g/mol. The van der Waals surface area contributed by atoms with Crippen molar-refractivity contribution in [2.24, 2.45) is 0 Å². The van der Waals surface area contributed by atoms with Crippen molar-refractivity contribution in [3.05, 3.63) is 48.3 Å². The molecule has 23 heavy (non-hydrogen) atoms. The molecule has 3 nitrogen and oxygen atoms in total. The van der Waals surface area contributed by atoms with Gasteiger partial charge in [0.25, 0.3) is 0 Å². The van der Waals surface area contributed by atoms with Crippen molar-refractivity contribution in [1.29, 1.82) is 0 Å². The summed E-state index contributed by atoms with van der Waals surface area (Å²) in [6.07, 6.45) is 3.63. The number of benzene rings is 1. The molecule has 132 valence electrons. The largest absolute Gasteiger partial charge is 0.379 e. The quantitative estimate of drug-likeness (QED) is 0.563. The highest BCUT2D eigenvalue weighted by molar-refractivity contribution is 5.85. The Hall–Kier alpha value is -0.650. The van der Waals surface area contributed by atoms with Gasteiger partial charge in [0, 0.05) is 24.7 Å². The first-order valence-corrected chi connectivity index (χ1v) is 7.70. The lowest BCUT2D eigenvalue weighted by atomic mass is 10.0. The summed E-state index contributed by atoms with van der Waals surface area (Å²) in [5.74, 6) is -0.148. The SMILES string of the molecule is C=CCC(NCCCN1CCOCC1)c1ccccc1F.Cl.Cl. The molecule has 0 aliphatic carbocycles. The van der Waals surface area contributed by atoms with Crippen LogP contribution in [0.4, 0.5) is 4.39 Å². The van der Waals surface area contributed by atoms with E-state index in [-0.39, 0.29) is 36.7 Å². The summed E-state index contributed by atoms with van der Waals surface area (Å²) in [5, 5.41) is 3.45. The number of hydrogen-bond acceptors (Lipinski definition) is 3. The van der Waals surface area contributed by atoms with Gasteiger partial charge in [0.2, 0.25) is 0 Å². The summed E-state index contributed by atoms with van der Waals surface area (Å²) in [4.78, 5) is 2.41. The number of morpholine rings is 1. The number of hydrogen-bond donors (Lipinski definition) is 1. The van der Waals surface area contributed by atoms with Gasteiger partial charge in [-0.05, 0) is 32.0 Å². The summed E-state index contributed by atoms with van der Waals surface area (Å²) in [6.45, 7) is 9.42. The molecule has 0 saturated carbocycles. The maximum Gasteiger partial charge on any atom is 0.127 e. The number of nitrogens with zero attached hydrogens (tertiary/aromatic N) is 1. The molecule has 1 N–H and O–H groups in total. The highest BCUT2D eigenvalue weighted by Crippen LogP contribution is 2.20. The number of rotatable bonds is 8. The first-order valence-electron chi connectivity index (χ1n) is 7.70. The van der Waals surface area contributed by atoms with Gasteiger partial charge in [-0.3, -0.25) is 4.90 Å². The van der Waals surface area contributed by atoms with Crippen LogP contribution in [0.3, 0.4) is 0 Å². The smallest absolute Gasteiger partial charge is 0.127 e. The van der Waals surface area contributed by atoms with Crippen molar-refractivity contribution in [2.75, 3.05) is 39.4 Å². The van der Waals surface area contributed by atoms with Crippen molar-refractivity contribution in [2.45, 2.75) is 18.9 Å². The monoisotopic (exact) mass is 364 g/mol. The Kier molecular flexibility index (Phi) is 12.4. The summed E-state index contributed by atoms with van der Waals surface area (Å²) >= 11 is 0. The fourth-order valence-electron chi connectivity index (χ4n) is 2.65. The van der Waals surface area contributed by atoms with E-state index >= 15 is 0 Å². The van der Waals surface area contributed by atoms with Gasteiger partial charge in [-0.2, -0.15) is 0 Å². The zero-order chi connectivity index (χ0) is 14.9. The Labute approximate surface area is 151 Å². The second kappa shape index (κ2) is 12.7. The van der Waals surface area contributed by atoms with Crippen molar-refractivity contribution in [3.63, 3.8) is 0 Å². The Balaban J connectivity index is 0.00000242. The summed E-state index contributed by atoms with van der Waals surface area (Å²) in [7, 11) is 0.